The van der Waals surface area contributed by atoms with Gasteiger partial charge in [0.25, 0.3) is 0 Å². The number of hydrogen-bond donors (Lipinski definition) is 0. The van der Waals surface area contributed by atoms with Crippen LogP contribution in [0, 0.1) is 5.92 Å². The van der Waals surface area contributed by atoms with E-state index in [1.165, 1.54) is 0 Å². The molecule has 142 valence electrons. The van der Waals surface area contributed by atoms with Gasteiger partial charge in [0.2, 0.25) is 0 Å². The van der Waals surface area contributed by atoms with Crippen LogP contribution in [0.4, 0.5) is 0 Å². The van der Waals surface area contributed by atoms with E-state index in [1.54, 1.807) is 50.2 Å². The molecule has 0 unspecified atom stereocenters. The Labute approximate surface area is 163 Å². The highest BCUT2D eigenvalue weighted by molar-refractivity contribution is 6.30. The van der Waals surface area contributed by atoms with Gasteiger partial charge in [0, 0.05) is 17.0 Å². The smallest absolute Gasteiger partial charge is 0.320 e. The van der Waals surface area contributed by atoms with Crippen molar-refractivity contribution in [2.45, 2.75) is 20.3 Å². The van der Waals surface area contributed by atoms with Crippen molar-refractivity contribution in [3.8, 4) is 11.1 Å². The Kier molecular flexibility index (Phi) is 7.55. The summed E-state index contributed by atoms with van der Waals surface area (Å²) in [6.07, 6.45) is -0.294. The van der Waals surface area contributed by atoms with Gasteiger partial charge < -0.3 is 9.47 Å². The third kappa shape index (κ3) is 5.66. The quantitative estimate of drug-likeness (QED) is 0.382. The lowest BCUT2D eigenvalue weighted by atomic mass is 9.96. The second-order valence-electron chi connectivity index (χ2n) is 5.77. The summed E-state index contributed by atoms with van der Waals surface area (Å²) < 4.78 is 9.78. The second kappa shape index (κ2) is 9.88. The van der Waals surface area contributed by atoms with Crippen LogP contribution in [-0.2, 0) is 19.1 Å². The molecule has 0 saturated carbocycles. The summed E-state index contributed by atoms with van der Waals surface area (Å²) in [5, 5.41) is 0.648. The van der Waals surface area contributed by atoms with E-state index < -0.39 is 17.9 Å². The van der Waals surface area contributed by atoms with Gasteiger partial charge >= 0.3 is 11.9 Å². The largest absolute Gasteiger partial charge is 0.465 e. The van der Waals surface area contributed by atoms with Crippen LogP contribution in [0.1, 0.15) is 30.6 Å². The van der Waals surface area contributed by atoms with Crippen molar-refractivity contribution < 1.29 is 23.9 Å². The van der Waals surface area contributed by atoms with Gasteiger partial charge in [-0.05, 0) is 37.1 Å². The van der Waals surface area contributed by atoms with Crippen molar-refractivity contribution in [2.75, 3.05) is 13.2 Å². The molecule has 0 aliphatic rings. The number of esters is 2. The van der Waals surface area contributed by atoms with Crippen LogP contribution in [0.2, 0.25) is 5.02 Å². The zero-order valence-electron chi connectivity index (χ0n) is 15.2. The highest BCUT2D eigenvalue weighted by Crippen LogP contribution is 2.23. The zero-order chi connectivity index (χ0) is 19.8. The standard InChI is InChI=1S/C21H21ClO5/c1-3-26-20(24)18(21(25)27-4-2)13-19(23)16-7-5-14(6-8-16)15-9-11-17(22)12-10-15/h5-12,18H,3-4,13H2,1-2H3. The zero-order valence-corrected chi connectivity index (χ0v) is 16.0. The van der Waals surface area contributed by atoms with Crippen LogP contribution in [0.25, 0.3) is 11.1 Å². The van der Waals surface area contributed by atoms with Gasteiger partial charge in [-0.3, -0.25) is 14.4 Å². The number of carbonyl (C=O) groups excluding carboxylic acids is 3. The molecule has 0 radical (unpaired) electrons. The van der Waals surface area contributed by atoms with E-state index >= 15 is 0 Å². The van der Waals surface area contributed by atoms with Gasteiger partial charge in [-0.2, -0.15) is 0 Å². The van der Waals surface area contributed by atoms with Crippen molar-refractivity contribution in [1.82, 2.24) is 0 Å². The SMILES string of the molecule is CCOC(=O)C(CC(=O)c1ccc(-c2ccc(Cl)cc2)cc1)C(=O)OCC. The number of Topliss-reactive ketones (excluding diaryl/α,β-unsaturated/α-hetero) is 1. The molecule has 0 atom stereocenters. The summed E-state index contributed by atoms with van der Waals surface area (Å²) in [5.41, 5.74) is 2.30. The molecule has 0 heterocycles. The Morgan fingerprint density at radius 3 is 1.70 bits per heavy atom. The molecule has 0 saturated heterocycles. The summed E-state index contributed by atoms with van der Waals surface area (Å²) in [5.74, 6) is -3.08. The number of benzene rings is 2. The molecule has 0 bridgehead atoms. The van der Waals surface area contributed by atoms with E-state index in [9.17, 15) is 14.4 Å². The van der Waals surface area contributed by atoms with E-state index in [0.29, 0.717) is 10.6 Å². The molecular weight excluding hydrogens is 368 g/mol. The third-order valence-electron chi connectivity index (χ3n) is 3.92. The second-order valence-corrected chi connectivity index (χ2v) is 6.20. The van der Waals surface area contributed by atoms with Gasteiger partial charge in [-0.15, -0.1) is 0 Å². The van der Waals surface area contributed by atoms with Crippen LogP contribution >= 0.6 is 11.6 Å². The van der Waals surface area contributed by atoms with E-state index in [4.69, 9.17) is 21.1 Å². The summed E-state index contributed by atoms with van der Waals surface area (Å²) in [4.78, 5) is 36.5. The van der Waals surface area contributed by atoms with Crippen LogP contribution in [0.15, 0.2) is 48.5 Å². The van der Waals surface area contributed by atoms with Crippen LogP contribution in [0.3, 0.4) is 0 Å². The normalized spacial score (nSPS) is 10.5. The van der Waals surface area contributed by atoms with E-state index in [2.05, 4.69) is 0 Å². The average Bonchev–Trinajstić information content (AvgIpc) is 2.67. The highest BCUT2D eigenvalue weighted by atomic mass is 35.5. The Morgan fingerprint density at radius 2 is 1.26 bits per heavy atom. The monoisotopic (exact) mass is 388 g/mol. The summed E-state index contributed by atoms with van der Waals surface area (Å²) >= 11 is 5.89. The first-order chi connectivity index (χ1) is 13.0. The Balaban J connectivity index is 2.13. The molecule has 0 aromatic heterocycles. The average molecular weight is 389 g/mol. The molecule has 5 nitrogen and oxygen atoms in total. The van der Waals surface area contributed by atoms with Crippen LogP contribution in [0.5, 0.6) is 0 Å². The fraction of sp³-hybridized carbons (Fsp3) is 0.286. The van der Waals surface area contributed by atoms with Crippen LogP contribution in [-0.4, -0.2) is 30.9 Å². The minimum atomic E-state index is -1.26. The lowest BCUT2D eigenvalue weighted by Crippen LogP contribution is -2.30. The summed E-state index contributed by atoms with van der Waals surface area (Å²) in [7, 11) is 0. The molecule has 0 spiro atoms. The molecule has 2 aromatic rings. The predicted octanol–water partition coefficient (Wildman–Crippen LogP) is 4.32. The highest BCUT2D eigenvalue weighted by Gasteiger charge is 2.32. The van der Waals surface area contributed by atoms with Crippen molar-refractivity contribution in [3.05, 3.63) is 59.1 Å². The number of halogens is 1. The molecule has 2 aromatic carbocycles. The van der Waals surface area contributed by atoms with Crippen molar-refractivity contribution >= 4 is 29.3 Å². The maximum Gasteiger partial charge on any atom is 0.320 e. The van der Waals surface area contributed by atoms with Crippen molar-refractivity contribution in [2.24, 2.45) is 5.92 Å². The molecule has 27 heavy (non-hydrogen) atoms. The van der Waals surface area contributed by atoms with Gasteiger partial charge in [0.15, 0.2) is 11.7 Å². The molecule has 2 rings (SSSR count). The first kappa shape index (κ1) is 20.6. The Hall–Kier alpha value is -2.66. The Bertz CT molecular complexity index is 778. The summed E-state index contributed by atoms with van der Waals surface area (Å²) in [6, 6.07) is 14.3. The lowest BCUT2D eigenvalue weighted by Gasteiger charge is -2.14. The number of hydrogen-bond acceptors (Lipinski definition) is 5. The molecule has 0 fully saturated rings. The van der Waals surface area contributed by atoms with Crippen molar-refractivity contribution in [3.63, 3.8) is 0 Å². The maximum atomic E-state index is 12.5. The first-order valence-corrected chi connectivity index (χ1v) is 9.06. The topological polar surface area (TPSA) is 69.7 Å². The first-order valence-electron chi connectivity index (χ1n) is 8.68. The van der Waals surface area contributed by atoms with E-state index in [0.717, 1.165) is 11.1 Å². The van der Waals surface area contributed by atoms with Gasteiger partial charge in [0.05, 0.1) is 13.2 Å². The van der Waals surface area contributed by atoms with Crippen LogP contribution < -0.4 is 0 Å². The van der Waals surface area contributed by atoms with E-state index in [1.807, 2.05) is 12.1 Å². The predicted molar refractivity (Wildman–Crippen MR) is 103 cm³/mol. The molecule has 0 N–H and O–H groups in total. The molecule has 0 amide bonds. The molecular formula is C21H21ClO5. The number of ether oxygens (including phenoxy) is 2. The maximum absolute atomic E-state index is 12.5. The van der Waals surface area contributed by atoms with Gasteiger partial charge in [-0.25, -0.2) is 0 Å². The number of carbonyl (C=O) groups is 3. The fourth-order valence-electron chi connectivity index (χ4n) is 2.54. The molecule has 0 aliphatic carbocycles. The minimum absolute atomic E-state index is 0.124. The Morgan fingerprint density at radius 1 is 0.815 bits per heavy atom. The number of ketones is 1. The minimum Gasteiger partial charge on any atom is -0.465 e. The third-order valence-corrected chi connectivity index (χ3v) is 4.17. The molecule has 0 aliphatic heterocycles. The lowest BCUT2D eigenvalue weighted by molar-refractivity contribution is -0.161. The van der Waals surface area contributed by atoms with Gasteiger partial charge in [-0.1, -0.05) is 48.0 Å². The fourth-order valence-corrected chi connectivity index (χ4v) is 2.67. The van der Waals surface area contributed by atoms with E-state index in [-0.39, 0.29) is 25.4 Å². The van der Waals surface area contributed by atoms with Gasteiger partial charge in [0.1, 0.15) is 0 Å². The number of rotatable bonds is 8. The molecule has 6 heteroatoms. The van der Waals surface area contributed by atoms with Crippen molar-refractivity contribution in [1.29, 1.82) is 0 Å². The summed E-state index contributed by atoms with van der Waals surface area (Å²) in [6.45, 7) is 3.52.